The van der Waals surface area contributed by atoms with E-state index in [9.17, 15) is 4.79 Å². The molecule has 0 aliphatic heterocycles. The molecule has 0 saturated heterocycles. The third-order valence-electron chi connectivity index (χ3n) is 2.18. The number of ether oxygens (including phenoxy) is 1. The molecular formula is C12H12N2O3S. The van der Waals surface area contributed by atoms with E-state index >= 15 is 0 Å². The molecule has 2 aromatic heterocycles. The molecule has 0 aromatic carbocycles. The van der Waals surface area contributed by atoms with Crippen LogP contribution in [0, 0.1) is 0 Å². The second-order valence-corrected chi connectivity index (χ2v) is 4.46. The molecule has 6 heteroatoms. The van der Waals surface area contributed by atoms with Crippen molar-refractivity contribution in [2.75, 3.05) is 7.11 Å². The summed E-state index contributed by atoms with van der Waals surface area (Å²) >= 11 is 1.41. The van der Waals surface area contributed by atoms with E-state index in [-0.39, 0.29) is 0 Å². The van der Waals surface area contributed by atoms with Crippen LogP contribution in [0.5, 0.6) is 0 Å². The summed E-state index contributed by atoms with van der Waals surface area (Å²) in [6.45, 7) is 0. The van der Waals surface area contributed by atoms with Crippen molar-refractivity contribution < 1.29 is 13.9 Å². The summed E-state index contributed by atoms with van der Waals surface area (Å²) in [5, 5.41) is 0.609. The molecule has 0 bridgehead atoms. The van der Waals surface area contributed by atoms with E-state index in [1.54, 1.807) is 6.20 Å². The third kappa shape index (κ3) is 3.04. The minimum Gasteiger partial charge on any atom is -0.486 e. The van der Waals surface area contributed by atoms with Crippen molar-refractivity contribution in [3.8, 4) is 10.6 Å². The van der Waals surface area contributed by atoms with Crippen molar-refractivity contribution in [1.29, 1.82) is 0 Å². The van der Waals surface area contributed by atoms with Crippen LogP contribution in [0.2, 0.25) is 0 Å². The molecule has 0 saturated carbocycles. The topological polar surface area (TPSA) is 64.7 Å². The van der Waals surface area contributed by atoms with Crippen LogP contribution >= 0.6 is 11.3 Å². The number of aliphatic imine (C=N–C) groups is 1. The minimum atomic E-state index is 0.471. The molecule has 0 fully saturated rings. The molecule has 5 nitrogen and oxygen atoms in total. The first-order chi connectivity index (χ1) is 8.83. The number of aryl methyl sites for hydroxylation is 1. The zero-order valence-electron chi connectivity index (χ0n) is 9.83. The number of furan rings is 1. The molecule has 2 heterocycles. The molecule has 0 aliphatic rings. The summed E-state index contributed by atoms with van der Waals surface area (Å²) in [6, 6.07) is 3.74. The Morgan fingerprint density at radius 3 is 3.22 bits per heavy atom. The van der Waals surface area contributed by atoms with Crippen molar-refractivity contribution >= 4 is 29.2 Å². The fourth-order valence-electron chi connectivity index (χ4n) is 1.38. The van der Waals surface area contributed by atoms with Gasteiger partial charge in [0.05, 0.1) is 18.2 Å². The average molecular weight is 264 g/mol. The van der Waals surface area contributed by atoms with Crippen molar-refractivity contribution in [1.82, 2.24) is 4.98 Å². The van der Waals surface area contributed by atoms with Gasteiger partial charge < -0.3 is 13.9 Å². The molecule has 18 heavy (non-hydrogen) atoms. The average Bonchev–Trinajstić information content (AvgIpc) is 3.02. The first kappa shape index (κ1) is 12.5. The SMILES string of the molecule is COC=Nc1ncc(-c2ccc(CCC=O)o2)s1. The predicted molar refractivity (Wildman–Crippen MR) is 69.4 cm³/mol. The van der Waals surface area contributed by atoms with Gasteiger partial charge in [-0.05, 0) is 12.1 Å². The standard InChI is InChI=1S/C12H12N2O3S/c1-16-8-14-12-13-7-11(18-12)10-5-4-9(17-10)3-2-6-15/h4-8H,2-3H2,1H3. The van der Waals surface area contributed by atoms with Crippen LogP contribution < -0.4 is 0 Å². The van der Waals surface area contributed by atoms with E-state index < -0.39 is 0 Å². The van der Waals surface area contributed by atoms with E-state index in [4.69, 9.17) is 9.15 Å². The normalized spacial score (nSPS) is 10.9. The van der Waals surface area contributed by atoms with Crippen LogP contribution in [0.15, 0.2) is 27.7 Å². The monoisotopic (exact) mass is 264 g/mol. The van der Waals surface area contributed by atoms with Crippen LogP contribution in [0.4, 0.5) is 5.13 Å². The first-order valence-corrected chi connectivity index (χ1v) is 6.19. The Morgan fingerprint density at radius 2 is 2.44 bits per heavy atom. The second kappa shape index (κ2) is 6.11. The van der Waals surface area contributed by atoms with Gasteiger partial charge in [0.15, 0.2) is 6.40 Å². The summed E-state index contributed by atoms with van der Waals surface area (Å²) in [5.74, 6) is 1.54. The quantitative estimate of drug-likeness (QED) is 0.457. The highest BCUT2D eigenvalue weighted by Crippen LogP contribution is 2.31. The molecule has 94 valence electrons. The molecule has 0 aliphatic carbocycles. The van der Waals surface area contributed by atoms with E-state index in [0.29, 0.717) is 18.0 Å². The maximum Gasteiger partial charge on any atom is 0.212 e. The molecule has 0 amide bonds. The molecule has 0 atom stereocenters. The lowest BCUT2D eigenvalue weighted by atomic mass is 10.3. The summed E-state index contributed by atoms with van der Waals surface area (Å²) in [5.41, 5.74) is 0. The lowest BCUT2D eigenvalue weighted by Gasteiger charge is -1.91. The summed E-state index contributed by atoms with van der Waals surface area (Å²) < 4.78 is 10.3. The molecule has 2 aromatic rings. The largest absolute Gasteiger partial charge is 0.486 e. The Labute approximate surface area is 108 Å². The zero-order valence-corrected chi connectivity index (χ0v) is 10.6. The number of hydrogen-bond acceptors (Lipinski definition) is 6. The fourth-order valence-corrected chi connectivity index (χ4v) is 2.10. The third-order valence-corrected chi connectivity index (χ3v) is 3.10. The number of carbonyl (C=O) groups is 1. The predicted octanol–water partition coefficient (Wildman–Crippen LogP) is 2.84. The van der Waals surface area contributed by atoms with Crippen LogP contribution in [-0.4, -0.2) is 24.8 Å². The maximum atomic E-state index is 10.3. The van der Waals surface area contributed by atoms with Gasteiger partial charge >= 0.3 is 0 Å². The lowest BCUT2D eigenvalue weighted by Crippen LogP contribution is -1.81. The van der Waals surface area contributed by atoms with Gasteiger partial charge in [-0.25, -0.2) is 4.98 Å². The summed E-state index contributed by atoms with van der Waals surface area (Å²) in [4.78, 5) is 19.3. The lowest BCUT2D eigenvalue weighted by molar-refractivity contribution is -0.107. The summed E-state index contributed by atoms with van der Waals surface area (Å²) in [6.07, 6.45) is 5.01. The molecule has 0 unspecified atom stereocenters. The highest BCUT2D eigenvalue weighted by Gasteiger charge is 2.08. The fraction of sp³-hybridized carbons (Fsp3) is 0.250. The number of hydrogen-bond donors (Lipinski definition) is 0. The van der Waals surface area contributed by atoms with Gasteiger partial charge in [0.2, 0.25) is 5.13 Å². The van der Waals surface area contributed by atoms with Gasteiger partial charge in [-0.2, -0.15) is 4.99 Å². The molecule has 0 N–H and O–H groups in total. The van der Waals surface area contributed by atoms with Crippen molar-refractivity contribution in [2.24, 2.45) is 4.99 Å². The number of aromatic nitrogens is 1. The zero-order chi connectivity index (χ0) is 12.8. The highest BCUT2D eigenvalue weighted by atomic mass is 32.1. The number of carbonyl (C=O) groups excluding carboxylic acids is 1. The minimum absolute atomic E-state index is 0.471. The van der Waals surface area contributed by atoms with Gasteiger partial charge in [0, 0.05) is 12.8 Å². The van der Waals surface area contributed by atoms with E-state index in [1.165, 1.54) is 24.8 Å². The number of thiazole rings is 1. The number of nitrogens with zero attached hydrogens (tertiary/aromatic N) is 2. The van der Waals surface area contributed by atoms with Crippen molar-refractivity contribution in [3.63, 3.8) is 0 Å². The van der Waals surface area contributed by atoms with Gasteiger partial charge in [-0.3, -0.25) is 0 Å². The van der Waals surface area contributed by atoms with E-state index in [2.05, 4.69) is 9.98 Å². The van der Waals surface area contributed by atoms with Crippen LogP contribution in [0.1, 0.15) is 12.2 Å². The Bertz CT molecular complexity index is 545. The van der Waals surface area contributed by atoms with Gasteiger partial charge in [-0.15, -0.1) is 0 Å². The van der Waals surface area contributed by atoms with E-state index in [1.807, 2.05) is 12.1 Å². The van der Waals surface area contributed by atoms with Gasteiger partial charge in [0.25, 0.3) is 0 Å². The van der Waals surface area contributed by atoms with Gasteiger partial charge in [0.1, 0.15) is 17.8 Å². The molecule has 0 radical (unpaired) electrons. The van der Waals surface area contributed by atoms with Crippen LogP contribution in [0.25, 0.3) is 10.6 Å². The van der Waals surface area contributed by atoms with E-state index in [0.717, 1.165) is 22.7 Å². The first-order valence-electron chi connectivity index (χ1n) is 5.37. The van der Waals surface area contributed by atoms with Crippen LogP contribution in [0.3, 0.4) is 0 Å². The maximum absolute atomic E-state index is 10.3. The molecule has 0 spiro atoms. The van der Waals surface area contributed by atoms with Gasteiger partial charge in [-0.1, -0.05) is 11.3 Å². The van der Waals surface area contributed by atoms with Crippen molar-refractivity contribution in [2.45, 2.75) is 12.8 Å². The number of methoxy groups -OCH3 is 1. The van der Waals surface area contributed by atoms with Crippen LogP contribution in [-0.2, 0) is 16.0 Å². The van der Waals surface area contributed by atoms with Crippen molar-refractivity contribution in [3.05, 3.63) is 24.1 Å². The molecule has 2 rings (SSSR count). The Kier molecular flexibility index (Phi) is 4.25. The summed E-state index contributed by atoms with van der Waals surface area (Å²) in [7, 11) is 1.53. The Balaban J connectivity index is 2.10. The Morgan fingerprint density at radius 1 is 1.56 bits per heavy atom. The number of rotatable bonds is 6. The smallest absolute Gasteiger partial charge is 0.212 e. The highest BCUT2D eigenvalue weighted by molar-refractivity contribution is 7.18. The number of aldehydes is 1. The molecular weight excluding hydrogens is 252 g/mol. The second-order valence-electron chi connectivity index (χ2n) is 3.45. The Hall–Kier alpha value is -1.95.